The molecule has 34 heteroatoms. The Morgan fingerprint density at radius 3 is 1.68 bits per heavy atom. The number of aliphatic carboxylic acids is 1. The lowest BCUT2D eigenvalue weighted by atomic mass is 9.99. The minimum atomic E-state index is -5.08. The highest BCUT2D eigenvalue weighted by Crippen LogP contribution is 2.23. The number of carboxylic acid groups (broad SMARTS) is 1. The molecule has 0 spiro atoms. The number of primary amides is 2. The van der Waals surface area contributed by atoms with Gasteiger partial charge in [0.2, 0.25) is 70.9 Å². The maximum atomic E-state index is 14.9. The van der Waals surface area contributed by atoms with Crippen molar-refractivity contribution in [2.45, 2.75) is 165 Å². The molecular formula is C73H94ClF3N14O16. The van der Waals surface area contributed by atoms with Crippen molar-refractivity contribution < 1.29 is 90.8 Å². The van der Waals surface area contributed by atoms with Gasteiger partial charge in [-0.1, -0.05) is 98.2 Å². The molecule has 0 unspecified atom stereocenters. The number of benzene rings is 4. The van der Waals surface area contributed by atoms with Crippen LogP contribution in [0.1, 0.15) is 94.9 Å². The van der Waals surface area contributed by atoms with Crippen LogP contribution in [-0.2, 0) is 88.0 Å². The lowest BCUT2D eigenvalue weighted by molar-refractivity contribution is -0.192. The van der Waals surface area contributed by atoms with E-state index in [1.807, 2.05) is 61.5 Å². The number of phenols is 1. The van der Waals surface area contributed by atoms with Gasteiger partial charge in [0.25, 0.3) is 0 Å². The first-order valence-corrected chi connectivity index (χ1v) is 34.8. The van der Waals surface area contributed by atoms with Gasteiger partial charge in [0.05, 0.1) is 13.0 Å². The molecular weight excluding hydrogens is 1420 g/mol. The molecule has 12 amide bonds. The number of carbonyl (C=O) groups is 13. The van der Waals surface area contributed by atoms with Crippen molar-refractivity contribution >= 4 is 99.2 Å². The Kier molecular flexibility index (Phi) is 33.9. The first-order valence-electron chi connectivity index (χ1n) is 34.4. The third-order valence-corrected chi connectivity index (χ3v) is 17.5. The van der Waals surface area contributed by atoms with Crippen LogP contribution in [0.5, 0.6) is 5.75 Å². The molecule has 0 saturated carbocycles. The van der Waals surface area contributed by atoms with Crippen LogP contribution in [0.2, 0.25) is 5.02 Å². The fourth-order valence-corrected chi connectivity index (χ4v) is 11.7. The Labute approximate surface area is 621 Å². The molecule has 1 aliphatic heterocycles. The molecule has 1 aromatic heterocycles. The molecule has 6 rings (SSSR count). The number of nitrogens with zero attached hydrogens (tertiary/aromatic N) is 4. The zero-order chi connectivity index (χ0) is 79.4. The molecule has 1 saturated heterocycles. The molecule has 4 aromatic carbocycles. The molecule has 10 atom stereocenters. The number of unbranched alkanes of at least 4 members (excludes halogenated alkanes) is 1. The van der Waals surface area contributed by atoms with Crippen LogP contribution in [0.15, 0.2) is 116 Å². The first kappa shape index (κ1) is 86.8. The second-order valence-electron chi connectivity index (χ2n) is 26.6. The highest BCUT2D eigenvalue weighted by molar-refractivity contribution is 6.30. The summed E-state index contributed by atoms with van der Waals surface area (Å²) in [6, 6.07) is 14.3. The standard InChI is InChI=1S/C71H93ClN14O14.C2HF3O2/c1-41(2)32-53(63(92)78-52(17-10-11-30-84(5)6)71(100)86-31-13-18-59(86)68(97)76-42(3)62(74)91)79-67(96)57(38-61(73)90)82-69(98)60(37-45-22-27-51(89)28-23-45)85(7)70(99)58(40-87)83-66(95)56(36-47-14-12-29-75-39-47)81-65(94)55(34-44-20-25-50(72)26-21-44)80-64(93)54(77-43(4)88)35-46-19-24-48-15-8-9-16-49(48)33-46;3-2(4,5)1(6)7/h8-9,12,14-16,19-29,33,39,41-42,52-60,87,89H,10-11,13,17-18,30-32,34-38,40H2,1-7H3,(H2,73,90)(H2,74,91)(H,76,97)(H,77,88)(H,78,92)(H,79,96)(H,80,93)(H,81,94)(H,82,98)(H,83,95);(H,6,7)/t42-,52+,53+,54-,55-,56-,57-,58+,59+,60+;/m1./s1. The predicted octanol–water partition coefficient (Wildman–Crippen LogP) is 1.36. The maximum Gasteiger partial charge on any atom is 0.490 e. The molecule has 0 bridgehead atoms. The summed E-state index contributed by atoms with van der Waals surface area (Å²) in [5.41, 5.74) is 13.1. The lowest BCUT2D eigenvalue weighted by Crippen LogP contribution is -2.62. The summed E-state index contributed by atoms with van der Waals surface area (Å²) in [5.74, 6) is -13.4. The number of nitrogens with two attached hydrogens (primary N) is 2. The van der Waals surface area contributed by atoms with Gasteiger partial charge >= 0.3 is 12.1 Å². The number of likely N-dealkylation sites (N-methyl/N-ethyl adjacent to an activating group) is 1. The number of amides is 12. The number of likely N-dealkylation sites (tertiary alicyclic amines) is 1. The molecule has 580 valence electrons. The molecule has 107 heavy (non-hydrogen) atoms. The van der Waals surface area contributed by atoms with Crippen molar-refractivity contribution in [3.8, 4) is 5.75 Å². The van der Waals surface area contributed by atoms with Gasteiger partial charge in [0, 0.05) is 63.6 Å². The number of fused-ring (bicyclic) bond motifs is 1. The van der Waals surface area contributed by atoms with Crippen molar-refractivity contribution in [3.05, 3.63) is 143 Å². The Hall–Kier alpha value is -10.8. The largest absolute Gasteiger partial charge is 0.508 e. The summed E-state index contributed by atoms with van der Waals surface area (Å²) in [6.07, 6.45) is -1.80. The third-order valence-electron chi connectivity index (χ3n) is 17.2. The molecule has 0 radical (unpaired) electrons. The van der Waals surface area contributed by atoms with Crippen LogP contribution in [0, 0.1) is 5.92 Å². The Bertz CT molecular complexity index is 3920. The number of phenolic OH excluding ortho intramolecular Hbond substituents is 1. The van der Waals surface area contributed by atoms with Gasteiger partial charge in [-0.25, -0.2) is 4.79 Å². The smallest absolute Gasteiger partial charge is 0.490 e. The van der Waals surface area contributed by atoms with E-state index in [1.54, 1.807) is 50.2 Å². The zero-order valence-electron chi connectivity index (χ0n) is 60.3. The summed E-state index contributed by atoms with van der Waals surface area (Å²) in [5, 5.41) is 51.7. The molecule has 1 aliphatic rings. The number of rotatable bonds is 37. The normalized spacial score (nSPS) is 15.2. The summed E-state index contributed by atoms with van der Waals surface area (Å²) < 4.78 is 31.7. The Balaban J connectivity index is 0.00000279. The van der Waals surface area contributed by atoms with Gasteiger partial charge in [-0.15, -0.1) is 0 Å². The summed E-state index contributed by atoms with van der Waals surface area (Å²) >= 11 is 6.23. The molecule has 5 aromatic rings. The fraction of sp³-hybridized carbons (Fsp3) is 0.452. The molecule has 30 nitrogen and oxygen atoms in total. The van der Waals surface area contributed by atoms with Crippen LogP contribution in [-0.4, -0.2) is 219 Å². The van der Waals surface area contributed by atoms with Crippen LogP contribution < -0.4 is 54.0 Å². The van der Waals surface area contributed by atoms with Gasteiger partial charge in [-0.05, 0) is 135 Å². The summed E-state index contributed by atoms with van der Waals surface area (Å²) in [7, 11) is 4.94. The van der Waals surface area contributed by atoms with Crippen LogP contribution in [0.25, 0.3) is 10.8 Å². The van der Waals surface area contributed by atoms with Gasteiger partial charge in [0.1, 0.15) is 66.2 Å². The second kappa shape index (κ2) is 41.8. The SMILES string of the molecule is CC(=O)N[C@H](Cc1ccc2ccccc2c1)C(=O)N[C@H](Cc1ccc(Cl)cc1)C(=O)N[C@H](Cc1cccnc1)C(=O)N[C@@H](CO)C(=O)N(C)[C@@H](Cc1ccc(O)cc1)C(=O)N[C@H](CC(N)=O)C(=O)N[C@@H](CC(C)C)C(=O)N[C@@H](CCCCN(C)C)C(=O)N1CCC[C@H]1C(=O)N[C@H](C)C(N)=O.O=C(O)C(F)(F)F. The quantitative estimate of drug-likeness (QED) is 0.0250. The van der Waals surface area contributed by atoms with E-state index in [0.29, 0.717) is 53.1 Å². The Morgan fingerprint density at radius 1 is 0.617 bits per heavy atom. The van der Waals surface area contributed by atoms with Gasteiger partial charge in [-0.3, -0.25) is 62.5 Å². The molecule has 2 heterocycles. The number of halogens is 4. The Morgan fingerprint density at radius 2 is 1.13 bits per heavy atom. The predicted molar refractivity (Wildman–Crippen MR) is 386 cm³/mol. The zero-order valence-corrected chi connectivity index (χ0v) is 61.1. The number of hydrogen-bond donors (Lipinski definition) is 13. The van der Waals surface area contributed by atoms with Gasteiger partial charge < -0.3 is 84.0 Å². The second-order valence-corrected chi connectivity index (χ2v) is 27.1. The van der Waals surface area contributed by atoms with E-state index in [9.17, 15) is 80.9 Å². The van der Waals surface area contributed by atoms with Crippen molar-refractivity contribution in [1.29, 1.82) is 0 Å². The van der Waals surface area contributed by atoms with E-state index in [2.05, 4.69) is 47.5 Å². The van der Waals surface area contributed by atoms with Gasteiger partial charge in [-0.2, -0.15) is 13.2 Å². The number of pyridine rings is 1. The van der Waals surface area contributed by atoms with Crippen LogP contribution >= 0.6 is 11.6 Å². The fourth-order valence-electron chi connectivity index (χ4n) is 11.6. The first-order chi connectivity index (χ1) is 50.4. The summed E-state index contributed by atoms with van der Waals surface area (Å²) in [4.78, 5) is 185. The molecule has 0 aliphatic carbocycles. The average Bonchev–Trinajstić information content (AvgIpc) is 1.80. The lowest BCUT2D eigenvalue weighted by Gasteiger charge is -2.32. The van der Waals surface area contributed by atoms with Crippen molar-refractivity contribution in [1.82, 2.24) is 62.2 Å². The monoisotopic (exact) mass is 1510 g/mol. The van der Waals surface area contributed by atoms with E-state index in [0.717, 1.165) is 15.7 Å². The van der Waals surface area contributed by atoms with E-state index in [4.69, 9.17) is 33.0 Å². The number of alkyl halides is 3. The minimum absolute atomic E-state index is 0.0217. The third kappa shape index (κ3) is 28.5. The minimum Gasteiger partial charge on any atom is -0.508 e. The topological polar surface area (TPSA) is 453 Å². The molecule has 15 N–H and O–H groups in total. The van der Waals surface area contributed by atoms with Crippen LogP contribution in [0.4, 0.5) is 13.2 Å². The number of nitrogens with one attached hydrogen (secondary N) is 8. The highest BCUT2D eigenvalue weighted by atomic mass is 35.5. The number of carbonyl (C=O) groups excluding carboxylic acids is 12. The van der Waals surface area contributed by atoms with Crippen molar-refractivity contribution in [2.75, 3.05) is 40.8 Å². The van der Waals surface area contributed by atoms with E-state index in [-0.39, 0.29) is 63.2 Å². The summed E-state index contributed by atoms with van der Waals surface area (Å²) in [6.45, 7) is 5.94. The number of aliphatic hydroxyl groups excluding tert-OH is 1. The number of aromatic hydroxyl groups is 1. The highest BCUT2D eigenvalue weighted by Gasteiger charge is 2.42. The van der Waals surface area contributed by atoms with E-state index < -0.39 is 156 Å². The van der Waals surface area contributed by atoms with E-state index in [1.165, 1.54) is 62.5 Å². The molecule has 1 fully saturated rings. The average molecular weight is 1520 g/mol. The number of aromatic nitrogens is 1. The maximum absolute atomic E-state index is 14.9. The number of carboxylic acids is 1. The van der Waals surface area contributed by atoms with Crippen molar-refractivity contribution in [2.24, 2.45) is 17.4 Å². The van der Waals surface area contributed by atoms with Crippen LogP contribution in [0.3, 0.4) is 0 Å². The van der Waals surface area contributed by atoms with E-state index >= 15 is 0 Å². The number of hydrogen-bond acceptors (Lipinski definition) is 17. The van der Waals surface area contributed by atoms with Crippen molar-refractivity contribution in [3.63, 3.8) is 0 Å². The van der Waals surface area contributed by atoms with Gasteiger partial charge in [0.15, 0.2) is 0 Å². The number of aliphatic hydroxyl groups is 1.